The summed E-state index contributed by atoms with van der Waals surface area (Å²) in [6.45, 7) is 3.35. The molecule has 7 nitrogen and oxygen atoms in total. The quantitative estimate of drug-likeness (QED) is 0.785. The minimum atomic E-state index is -3.82. The molecule has 2 heterocycles. The van der Waals surface area contributed by atoms with Crippen LogP contribution in [0.15, 0.2) is 33.7 Å². The summed E-state index contributed by atoms with van der Waals surface area (Å²) in [4.78, 5) is 11.7. The lowest BCUT2D eigenvalue weighted by Gasteiger charge is -2.19. The summed E-state index contributed by atoms with van der Waals surface area (Å²) in [5, 5.41) is 3.74. The first kappa shape index (κ1) is 16.5. The molecule has 0 fully saturated rings. The number of ether oxygens (including phenoxy) is 1. The third-order valence-corrected chi connectivity index (χ3v) is 6.21. The van der Waals surface area contributed by atoms with Crippen LogP contribution in [0.2, 0.25) is 0 Å². The second-order valence-electron chi connectivity index (χ2n) is 5.73. The summed E-state index contributed by atoms with van der Waals surface area (Å²) in [6, 6.07) is 7.18. The van der Waals surface area contributed by atoms with E-state index in [0.717, 1.165) is 5.56 Å². The Bertz CT molecular complexity index is 868. The van der Waals surface area contributed by atoms with Crippen LogP contribution in [0.25, 0.3) is 0 Å². The number of aryl methyl sites for hydroxylation is 2. The molecule has 128 valence electrons. The standard InChI is InChI=1S/C16H18N2O5S/c1-10-16(11(2)23-17-10)24(20,21)18-9-12(8-15(19)22-3)13-6-4-5-7-14(13)18/h4-7,12H,8-9H2,1-3H3. The Kier molecular flexibility index (Phi) is 4.08. The molecule has 0 saturated carbocycles. The Morgan fingerprint density at radius 3 is 2.71 bits per heavy atom. The number of carbonyl (C=O) groups is 1. The highest BCUT2D eigenvalue weighted by atomic mass is 32.2. The van der Waals surface area contributed by atoms with E-state index < -0.39 is 10.0 Å². The van der Waals surface area contributed by atoms with Crippen LogP contribution in [0.5, 0.6) is 0 Å². The van der Waals surface area contributed by atoms with E-state index in [-0.39, 0.29) is 35.5 Å². The molecule has 1 aliphatic heterocycles. The monoisotopic (exact) mass is 350 g/mol. The minimum absolute atomic E-state index is 0.0796. The molecule has 0 N–H and O–H groups in total. The number of esters is 1. The fraction of sp³-hybridized carbons (Fsp3) is 0.375. The Balaban J connectivity index is 2.05. The zero-order chi connectivity index (χ0) is 17.5. The van der Waals surface area contributed by atoms with E-state index in [9.17, 15) is 13.2 Å². The Hall–Kier alpha value is -2.35. The molecule has 0 spiro atoms. The Morgan fingerprint density at radius 2 is 2.08 bits per heavy atom. The van der Waals surface area contributed by atoms with Gasteiger partial charge in [-0.2, -0.15) is 0 Å². The molecular formula is C16H18N2O5S. The number of nitrogens with zero attached hydrogens (tertiary/aromatic N) is 2. The van der Waals surface area contributed by atoms with Gasteiger partial charge in [-0.3, -0.25) is 9.10 Å². The maximum absolute atomic E-state index is 13.1. The van der Waals surface area contributed by atoms with Crippen molar-refractivity contribution in [3.8, 4) is 0 Å². The smallest absolute Gasteiger partial charge is 0.306 e. The molecule has 0 amide bonds. The highest BCUT2D eigenvalue weighted by molar-refractivity contribution is 7.93. The van der Waals surface area contributed by atoms with Crippen LogP contribution in [-0.4, -0.2) is 33.2 Å². The molecule has 1 unspecified atom stereocenters. The van der Waals surface area contributed by atoms with Gasteiger partial charge in [0.1, 0.15) is 5.69 Å². The summed E-state index contributed by atoms with van der Waals surface area (Å²) in [5.74, 6) is -0.364. The number of hydrogen-bond acceptors (Lipinski definition) is 6. The molecule has 2 aromatic rings. The second-order valence-corrected chi connectivity index (χ2v) is 7.52. The number of benzene rings is 1. The lowest BCUT2D eigenvalue weighted by Crippen LogP contribution is -2.31. The minimum Gasteiger partial charge on any atom is -0.469 e. The van der Waals surface area contributed by atoms with Crippen molar-refractivity contribution in [2.45, 2.75) is 31.1 Å². The summed E-state index contributed by atoms with van der Waals surface area (Å²) in [7, 11) is -2.50. The maximum Gasteiger partial charge on any atom is 0.306 e. The van der Waals surface area contributed by atoms with Crippen molar-refractivity contribution in [1.82, 2.24) is 5.16 Å². The molecule has 1 aromatic carbocycles. The van der Waals surface area contributed by atoms with Crippen LogP contribution in [0.4, 0.5) is 5.69 Å². The van der Waals surface area contributed by atoms with Crippen LogP contribution in [-0.2, 0) is 19.6 Å². The average molecular weight is 350 g/mol. The zero-order valence-corrected chi connectivity index (χ0v) is 14.5. The molecule has 24 heavy (non-hydrogen) atoms. The first-order valence-electron chi connectivity index (χ1n) is 7.47. The number of fused-ring (bicyclic) bond motifs is 1. The molecule has 0 saturated heterocycles. The van der Waals surface area contributed by atoms with Gasteiger partial charge in [-0.05, 0) is 25.5 Å². The number of hydrogen-bond donors (Lipinski definition) is 0. The van der Waals surface area contributed by atoms with Gasteiger partial charge in [0.2, 0.25) is 0 Å². The van der Waals surface area contributed by atoms with E-state index in [1.165, 1.54) is 11.4 Å². The lowest BCUT2D eigenvalue weighted by molar-refractivity contribution is -0.140. The summed E-state index contributed by atoms with van der Waals surface area (Å²) in [5.41, 5.74) is 1.71. The van der Waals surface area contributed by atoms with Crippen molar-refractivity contribution in [2.75, 3.05) is 18.0 Å². The molecule has 3 rings (SSSR count). The van der Waals surface area contributed by atoms with Crippen LogP contribution in [0.1, 0.15) is 29.4 Å². The summed E-state index contributed by atoms with van der Waals surface area (Å²) in [6.07, 6.45) is 0.126. The van der Waals surface area contributed by atoms with Gasteiger partial charge in [-0.25, -0.2) is 8.42 Å². The van der Waals surface area contributed by atoms with E-state index in [1.54, 1.807) is 26.0 Å². The molecule has 1 atom stereocenters. The fourth-order valence-corrected chi connectivity index (χ4v) is 4.93. The number of sulfonamides is 1. The first-order valence-corrected chi connectivity index (χ1v) is 8.91. The van der Waals surface area contributed by atoms with Crippen molar-refractivity contribution in [1.29, 1.82) is 0 Å². The second kappa shape index (κ2) is 5.94. The molecule has 0 radical (unpaired) electrons. The Labute approximate surface area is 140 Å². The number of methoxy groups -OCH3 is 1. The van der Waals surface area contributed by atoms with E-state index >= 15 is 0 Å². The average Bonchev–Trinajstić information content (AvgIpc) is 3.09. The van der Waals surface area contributed by atoms with Gasteiger partial charge in [0, 0.05) is 12.5 Å². The topological polar surface area (TPSA) is 89.7 Å². The normalized spacial score (nSPS) is 17.0. The number of aromatic nitrogens is 1. The van der Waals surface area contributed by atoms with Gasteiger partial charge in [0.15, 0.2) is 10.7 Å². The lowest BCUT2D eigenvalue weighted by atomic mass is 9.98. The molecule has 1 aliphatic rings. The van der Waals surface area contributed by atoms with Crippen LogP contribution < -0.4 is 4.31 Å². The SMILES string of the molecule is COC(=O)CC1CN(S(=O)(=O)c2c(C)noc2C)c2ccccc21. The van der Waals surface area contributed by atoms with E-state index in [2.05, 4.69) is 5.16 Å². The van der Waals surface area contributed by atoms with Crippen LogP contribution in [0.3, 0.4) is 0 Å². The third-order valence-electron chi connectivity index (χ3n) is 4.19. The van der Waals surface area contributed by atoms with Gasteiger partial charge in [0.25, 0.3) is 10.0 Å². The molecular weight excluding hydrogens is 332 g/mol. The molecule has 0 aliphatic carbocycles. The molecule has 0 bridgehead atoms. The van der Waals surface area contributed by atoms with Crippen molar-refractivity contribution in [3.63, 3.8) is 0 Å². The van der Waals surface area contributed by atoms with Gasteiger partial charge in [-0.1, -0.05) is 23.4 Å². The van der Waals surface area contributed by atoms with Crippen LogP contribution >= 0.6 is 0 Å². The number of carbonyl (C=O) groups excluding carboxylic acids is 1. The summed E-state index contributed by atoms with van der Waals surface area (Å²) >= 11 is 0. The van der Waals surface area contributed by atoms with Crippen LogP contribution in [0, 0.1) is 13.8 Å². The largest absolute Gasteiger partial charge is 0.469 e. The number of rotatable bonds is 4. The highest BCUT2D eigenvalue weighted by Crippen LogP contribution is 2.41. The van der Waals surface area contributed by atoms with E-state index in [4.69, 9.17) is 9.26 Å². The number of anilines is 1. The van der Waals surface area contributed by atoms with Gasteiger partial charge >= 0.3 is 5.97 Å². The zero-order valence-electron chi connectivity index (χ0n) is 13.6. The highest BCUT2D eigenvalue weighted by Gasteiger charge is 2.39. The van der Waals surface area contributed by atoms with Crippen molar-refractivity contribution >= 4 is 21.7 Å². The first-order chi connectivity index (χ1) is 11.4. The van der Waals surface area contributed by atoms with Gasteiger partial charge < -0.3 is 9.26 Å². The van der Waals surface area contributed by atoms with E-state index in [1.807, 2.05) is 12.1 Å². The van der Waals surface area contributed by atoms with Crippen molar-refractivity contribution in [3.05, 3.63) is 41.3 Å². The van der Waals surface area contributed by atoms with E-state index in [0.29, 0.717) is 11.4 Å². The van der Waals surface area contributed by atoms with Gasteiger partial charge in [-0.15, -0.1) is 0 Å². The van der Waals surface area contributed by atoms with Gasteiger partial charge in [0.05, 0.1) is 19.2 Å². The number of para-hydroxylation sites is 1. The molecule has 1 aromatic heterocycles. The third kappa shape index (κ3) is 2.56. The van der Waals surface area contributed by atoms with Crippen molar-refractivity contribution in [2.24, 2.45) is 0 Å². The fourth-order valence-electron chi connectivity index (χ4n) is 3.10. The van der Waals surface area contributed by atoms with Crippen molar-refractivity contribution < 1.29 is 22.5 Å². The maximum atomic E-state index is 13.1. The predicted octanol–water partition coefficient (Wildman–Crippen LogP) is 2.15. The Morgan fingerprint density at radius 1 is 1.38 bits per heavy atom. The predicted molar refractivity (Wildman–Crippen MR) is 86.3 cm³/mol. The molecule has 8 heteroatoms. The summed E-state index contributed by atoms with van der Waals surface area (Å²) < 4.78 is 37.3.